The second-order valence-corrected chi connectivity index (χ2v) is 7.51. The molecule has 0 fully saturated rings. The van der Waals surface area contributed by atoms with Crippen molar-refractivity contribution in [3.05, 3.63) is 59.1 Å². The van der Waals surface area contributed by atoms with Crippen LogP contribution < -0.4 is 14.8 Å². The van der Waals surface area contributed by atoms with Crippen molar-refractivity contribution in [3.63, 3.8) is 0 Å². The number of amides is 1. The number of carbonyl (C=O) groups excluding carboxylic acids is 1. The molecule has 1 N–H and O–H groups in total. The number of nitrogens with one attached hydrogen (secondary N) is 1. The Hall–Kier alpha value is -3.07. The third-order valence-electron chi connectivity index (χ3n) is 4.38. The molecule has 0 bridgehead atoms. The number of thiazole rings is 1. The lowest BCUT2D eigenvalue weighted by molar-refractivity contribution is -0.137. The van der Waals surface area contributed by atoms with Gasteiger partial charge in [-0.1, -0.05) is 12.1 Å². The first-order valence-corrected chi connectivity index (χ1v) is 10.1. The van der Waals surface area contributed by atoms with Gasteiger partial charge in [0.15, 0.2) is 11.5 Å². The van der Waals surface area contributed by atoms with Crippen molar-refractivity contribution in [3.8, 4) is 22.1 Å². The molecular formula is C21H17F3N2O3S. The van der Waals surface area contributed by atoms with Crippen LogP contribution in [0.5, 0.6) is 11.5 Å². The zero-order chi connectivity index (χ0) is 21.1. The number of carbonyl (C=O) groups is 1. The van der Waals surface area contributed by atoms with Gasteiger partial charge in [0.2, 0.25) is 5.91 Å². The number of halogens is 3. The maximum atomic E-state index is 12.7. The van der Waals surface area contributed by atoms with E-state index >= 15 is 0 Å². The molecule has 3 aromatic rings. The molecule has 0 spiro atoms. The average molecular weight is 434 g/mol. The average Bonchev–Trinajstić information content (AvgIpc) is 3.04. The summed E-state index contributed by atoms with van der Waals surface area (Å²) in [4.78, 5) is 16.7. The maximum Gasteiger partial charge on any atom is 0.416 e. The number of anilines is 1. The van der Waals surface area contributed by atoms with Crippen LogP contribution in [0.1, 0.15) is 17.7 Å². The van der Waals surface area contributed by atoms with Crippen molar-refractivity contribution in [1.29, 1.82) is 0 Å². The Morgan fingerprint density at radius 1 is 1.07 bits per heavy atom. The highest BCUT2D eigenvalue weighted by atomic mass is 32.1. The van der Waals surface area contributed by atoms with Gasteiger partial charge in [0, 0.05) is 29.1 Å². The Kier molecular flexibility index (Phi) is 5.63. The van der Waals surface area contributed by atoms with E-state index in [1.165, 1.54) is 23.5 Å². The summed E-state index contributed by atoms with van der Waals surface area (Å²) in [5.74, 6) is 0.975. The number of hydrogen-bond donors (Lipinski definition) is 1. The molecule has 156 valence electrons. The predicted octanol–water partition coefficient (Wildman–Crippen LogP) is 5.17. The van der Waals surface area contributed by atoms with Gasteiger partial charge in [-0.25, -0.2) is 4.98 Å². The SMILES string of the molecule is O=C(Cc1csc(-c2ccc(C(F)(F)F)cc2)n1)Nc1ccc2c(c1)OCCCO2. The molecule has 0 radical (unpaired) electrons. The van der Waals surface area contributed by atoms with Gasteiger partial charge in [-0.15, -0.1) is 11.3 Å². The van der Waals surface area contributed by atoms with Crippen molar-refractivity contribution in [2.24, 2.45) is 0 Å². The van der Waals surface area contributed by atoms with E-state index in [9.17, 15) is 18.0 Å². The van der Waals surface area contributed by atoms with E-state index in [0.29, 0.717) is 46.7 Å². The molecule has 1 aromatic heterocycles. The Bertz CT molecular complexity index is 1050. The first-order valence-electron chi connectivity index (χ1n) is 9.20. The number of aromatic nitrogens is 1. The van der Waals surface area contributed by atoms with Crippen molar-refractivity contribution in [2.45, 2.75) is 19.0 Å². The summed E-state index contributed by atoms with van der Waals surface area (Å²) in [7, 11) is 0. The molecule has 0 unspecified atom stereocenters. The standard InChI is InChI=1S/C21H17F3N2O3S/c22-21(23,24)14-4-2-13(3-5-14)20-26-16(12-30-20)11-19(27)25-15-6-7-17-18(10-15)29-9-1-8-28-17/h2-7,10,12H,1,8-9,11H2,(H,25,27). The zero-order valence-electron chi connectivity index (χ0n) is 15.7. The predicted molar refractivity (Wildman–Crippen MR) is 107 cm³/mol. The largest absolute Gasteiger partial charge is 0.490 e. The fourth-order valence-corrected chi connectivity index (χ4v) is 3.76. The van der Waals surface area contributed by atoms with Gasteiger partial charge in [-0.05, 0) is 24.3 Å². The first-order chi connectivity index (χ1) is 14.4. The van der Waals surface area contributed by atoms with Gasteiger partial charge in [0.1, 0.15) is 5.01 Å². The molecule has 0 atom stereocenters. The quantitative estimate of drug-likeness (QED) is 0.615. The van der Waals surface area contributed by atoms with Crippen molar-refractivity contribution in [2.75, 3.05) is 18.5 Å². The minimum absolute atomic E-state index is 0.0472. The number of hydrogen-bond acceptors (Lipinski definition) is 5. The first kappa shape index (κ1) is 20.2. The van der Waals surface area contributed by atoms with E-state index in [-0.39, 0.29) is 12.3 Å². The van der Waals surface area contributed by atoms with Crippen LogP contribution in [0.3, 0.4) is 0 Å². The van der Waals surface area contributed by atoms with Gasteiger partial charge < -0.3 is 14.8 Å². The molecule has 0 saturated carbocycles. The molecule has 1 aliphatic heterocycles. The van der Waals surface area contributed by atoms with Gasteiger partial charge >= 0.3 is 6.18 Å². The highest BCUT2D eigenvalue weighted by Crippen LogP contribution is 2.33. The molecule has 1 aliphatic rings. The number of fused-ring (bicyclic) bond motifs is 1. The molecule has 1 amide bonds. The minimum atomic E-state index is -4.38. The second kappa shape index (κ2) is 8.35. The molecule has 9 heteroatoms. The van der Waals surface area contributed by atoms with Gasteiger partial charge in [0.05, 0.1) is 30.9 Å². The van der Waals surface area contributed by atoms with Crippen LogP contribution in [0.25, 0.3) is 10.6 Å². The number of nitrogens with zero attached hydrogens (tertiary/aromatic N) is 1. The van der Waals surface area contributed by atoms with Gasteiger partial charge in [-0.2, -0.15) is 13.2 Å². The molecule has 5 nitrogen and oxygen atoms in total. The van der Waals surface area contributed by atoms with Crippen LogP contribution in [-0.2, 0) is 17.4 Å². The lowest BCUT2D eigenvalue weighted by Crippen LogP contribution is -2.14. The topological polar surface area (TPSA) is 60.5 Å². The fourth-order valence-electron chi connectivity index (χ4n) is 2.93. The van der Waals surface area contributed by atoms with Crippen LogP contribution in [0.15, 0.2) is 47.8 Å². The van der Waals surface area contributed by atoms with Crippen LogP contribution in [0.2, 0.25) is 0 Å². The summed E-state index contributed by atoms with van der Waals surface area (Å²) in [6.45, 7) is 1.14. The van der Waals surface area contributed by atoms with Gasteiger partial charge in [0.25, 0.3) is 0 Å². The molecule has 0 saturated heterocycles. The zero-order valence-corrected chi connectivity index (χ0v) is 16.5. The highest BCUT2D eigenvalue weighted by molar-refractivity contribution is 7.13. The summed E-state index contributed by atoms with van der Waals surface area (Å²) in [5, 5.41) is 5.08. The number of rotatable bonds is 4. The Labute approximate surface area is 174 Å². The monoisotopic (exact) mass is 434 g/mol. The number of alkyl halides is 3. The summed E-state index contributed by atoms with van der Waals surface area (Å²) >= 11 is 1.28. The molecule has 0 aliphatic carbocycles. The van der Waals surface area contributed by atoms with Crippen molar-refractivity contribution in [1.82, 2.24) is 4.98 Å². The molecule has 4 rings (SSSR count). The molecule has 2 aromatic carbocycles. The minimum Gasteiger partial charge on any atom is -0.490 e. The number of ether oxygens (including phenoxy) is 2. The van der Waals surface area contributed by atoms with Crippen LogP contribution in [0, 0.1) is 0 Å². The van der Waals surface area contributed by atoms with Crippen LogP contribution >= 0.6 is 11.3 Å². The fraction of sp³-hybridized carbons (Fsp3) is 0.238. The smallest absolute Gasteiger partial charge is 0.416 e. The van der Waals surface area contributed by atoms with E-state index in [1.54, 1.807) is 23.6 Å². The van der Waals surface area contributed by atoms with E-state index in [0.717, 1.165) is 18.6 Å². The van der Waals surface area contributed by atoms with E-state index in [4.69, 9.17) is 9.47 Å². The third-order valence-corrected chi connectivity index (χ3v) is 5.32. The van der Waals surface area contributed by atoms with Gasteiger partial charge in [-0.3, -0.25) is 4.79 Å². The second-order valence-electron chi connectivity index (χ2n) is 6.66. The molecular weight excluding hydrogens is 417 g/mol. The summed E-state index contributed by atoms with van der Waals surface area (Å²) < 4.78 is 49.2. The highest BCUT2D eigenvalue weighted by Gasteiger charge is 2.30. The third kappa shape index (κ3) is 4.73. The molecule has 2 heterocycles. The van der Waals surface area contributed by atoms with Crippen LogP contribution in [-0.4, -0.2) is 24.1 Å². The normalized spacial score (nSPS) is 13.6. The maximum absolute atomic E-state index is 12.7. The van der Waals surface area contributed by atoms with Crippen molar-refractivity contribution >= 4 is 22.9 Å². The van der Waals surface area contributed by atoms with Crippen LogP contribution in [0.4, 0.5) is 18.9 Å². The Morgan fingerprint density at radius 2 is 1.80 bits per heavy atom. The van der Waals surface area contributed by atoms with E-state index < -0.39 is 11.7 Å². The lowest BCUT2D eigenvalue weighted by atomic mass is 10.1. The summed E-state index contributed by atoms with van der Waals surface area (Å²) in [5.41, 5.74) is 0.990. The summed E-state index contributed by atoms with van der Waals surface area (Å²) in [6.07, 6.45) is -3.54. The van der Waals surface area contributed by atoms with E-state index in [2.05, 4.69) is 10.3 Å². The lowest BCUT2D eigenvalue weighted by Gasteiger charge is -2.10. The number of benzene rings is 2. The molecule has 30 heavy (non-hydrogen) atoms. The Balaban J connectivity index is 1.40. The Morgan fingerprint density at radius 3 is 2.53 bits per heavy atom. The van der Waals surface area contributed by atoms with Crippen molar-refractivity contribution < 1.29 is 27.4 Å². The summed E-state index contributed by atoms with van der Waals surface area (Å²) in [6, 6.07) is 10.0. The van der Waals surface area contributed by atoms with E-state index in [1.807, 2.05) is 0 Å².